The van der Waals surface area contributed by atoms with Crippen LogP contribution in [-0.2, 0) is 11.3 Å². The van der Waals surface area contributed by atoms with Crippen LogP contribution < -0.4 is 11.1 Å². The molecule has 0 bridgehead atoms. The number of ether oxygens (including phenoxy) is 1. The molecule has 0 fully saturated rings. The molecule has 20 heavy (non-hydrogen) atoms. The summed E-state index contributed by atoms with van der Waals surface area (Å²) in [7, 11) is 1.66. The molecule has 0 atom stereocenters. The molecule has 0 aliphatic heterocycles. The second-order valence-corrected chi connectivity index (χ2v) is 4.43. The highest BCUT2D eigenvalue weighted by molar-refractivity contribution is 5.86. The zero-order chi connectivity index (χ0) is 13.9. The van der Waals surface area contributed by atoms with Gasteiger partial charge in [-0.05, 0) is 18.2 Å². The maximum Gasteiger partial charge on any atom is 0.300 e. The van der Waals surface area contributed by atoms with Crippen molar-refractivity contribution in [2.45, 2.75) is 6.61 Å². The largest absolute Gasteiger partial charge is 0.423 e. The molecule has 0 spiro atoms. The average molecular weight is 269 g/mol. The third-order valence-electron chi connectivity index (χ3n) is 3.01. The van der Waals surface area contributed by atoms with E-state index in [-0.39, 0.29) is 0 Å². The number of fused-ring (bicyclic) bond motifs is 1. The quantitative estimate of drug-likeness (QED) is 0.711. The normalized spacial score (nSPS) is 10.8. The highest BCUT2D eigenvalue weighted by atomic mass is 16.5. The first-order valence-electron chi connectivity index (χ1n) is 6.27. The van der Waals surface area contributed by atoms with Crippen molar-refractivity contribution in [3.63, 3.8) is 0 Å². The number of nitrogen functional groups attached to an aromatic ring is 1. The number of nitrogens with zero attached hydrogens (tertiary/aromatic N) is 1. The van der Waals surface area contributed by atoms with E-state index in [9.17, 15) is 0 Å². The Balaban J connectivity index is 1.95. The first-order chi connectivity index (χ1) is 9.78. The fraction of sp³-hybridized carbons (Fsp3) is 0.133. The number of hydrogen-bond acceptors (Lipinski definition) is 5. The number of nitrogens with one attached hydrogen (secondary N) is 1. The third-order valence-corrected chi connectivity index (χ3v) is 3.01. The van der Waals surface area contributed by atoms with Crippen molar-refractivity contribution in [1.29, 1.82) is 0 Å². The molecule has 0 amide bonds. The number of benzene rings is 2. The van der Waals surface area contributed by atoms with E-state index in [1.807, 2.05) is 36.4 Å². The summed E-state index contributed by atoms with van der Waals surface area (Å²) < 4.78 is 10.8. The van der Waals surface area contributed by atoms with Crippen LogP contribution in [0.1, 0.15) is 5.56 Å². The number of aromatic nitrogens is 1. The Hall–Kier alpha value is -2.53. The molecule has 3 aromatic rings. The highest BCUT2D eigenvalue weighted by Crippen LogP contribution is 2.27. The summed E-state index contributed by atoms with van der Waals surface area (Å²) in [4.78, 5) is 4.37. The minimum atomic E-state index is 0.418. The molecule has 0 aliphatic rings. The summed E-state index contributed by atoms with van der Waals surface area (Å²) in [5, 5.41) is 3.16. The van der Waals surface area contributed by atoms with E-state index in [2.05, 4.69) is 10.3 Å². The Labute approximate surface area is 116 Å². The van der Waals surface area contributed by atoms with Gasteiger partial charge >= 0.3 is 0 Å². The lowest BCUT2D eigenvalue weighted by atomic mass is 10.2. The van der Waals surface area contributed by atoms with Gasteiger partial charge in [-0.1, -0.05) is 24.3 Å². The van der Waals surface area contributed by atoms with Crippen LogP contribution in [-0.4, -0.2) is 12.1 Å². The number of rotatable bonds is 4. The second-order valence-electron chi connectivity index (χ2n) is 4.43. The average Bonchev–Trinajstić information content (AvgIpc) is 2.85. The molecule has 102 valence electrons. The number of oxazole rings is 1. The lowest BCUT2D eigenvalue weighted by Gasteiger charge is -2.08. The van der Waals surface area contributed by atoms with Gasteiger partial charge in [0.1, 0.15) is 5.52 Å². The van der Waals surface area contributed by atoms with Crippen molar-refractivity contribution in [2.24, 2.45) is 0 Å². The summed E-state index contributed by atoms with van der Waals surface area (Å²) in [6.07, 6.45) is 0. The Morgan fingerprint density at radius 1 is 1.20 bits per heavy atom. The fourth-order valence-electron chi connectivity index (χ4n) is 2.06. The Kier molecular flexibility index (Phi) is 3.26. The van der Waals surface area contributed by atoms with Gasteiger partial charge in [0.15, 0.2) is 5.58 Å². The number of methoxy groups -OCH3 is 1. The molecule has 0 aliphatic carbocycles. The van der Waals surface area contributed by atoms with Gasteiger partial charge < -0.3 is 20.2 Å². The van der Waals surface area contributed by atoms with Gasteiger partial charge in [-0.3, -0.25) is 0 Å². The molecule has 3 N–H and O–H groups in total. The van der Waals surface area contributed by atoms with Gasteiger partial charge in [-0.2, -0.15) is 4.98 Å². The number of nitrogens with two attached hydrogens (primary N) is 1. The Morgan fingerprint density at radius 3 is 2.85 bits per heavy atom. The van der Waals surface area contributed by atoms with Crippen molar-refractivity contribution in [2.75, 3.05) is 18.2 Å². The molecule has 3 rings (SSSR count). The molecule has 5 nitrogen and oxygen atoms in total. The van der Waals surface area contributed by atoms with Crippen LogP contribution in [0.25, 0.3) is 11.1 Å². The van der Waals surface area contributed by atoms with Crippen LogP contribution in [0.5, 0.6) is 0 Å². The third kappa shape index (κ3) is 2.31. The maximum absolute atomic E-state index is 5.87. The van der Waals surface area contributed by atoms with Crippen molar-refractivity contribution in [3.05, 3.63) is 48.0 Å². The molecular formula is C15H15N3O2. The van der Waals surface area contributed by atoms with Gasteiger partial charge in [-0.25, -0.2) is 0 Å². The van der Waals surface area contributed by atoms with E-state index in [0.29, 0.717) is 29.4 Å². The van der Waals surface area contributed by atoms with Crippen LogP contribution in [0.3, 0.4) is 0 Å². The van der Waals surface area contributed by atoms with Gasteiger partial charge in [-0.15, -0.1) is 0 Å². The molecule has 1 aromatic heterocycles. The first-order valence-corrected chi connectivity index (χ1v) is 6.27. The smallest absolute Gasteiger partial charge is 0.300 e. The van der Waals surface area contributed by atoms with E-state index < -0.39 is 0 Å². The van der Waals surface area contributed by atoms with Crippen LogP contribution in [0.2, 0.25) is 0 Å². The zero-order valence-electron chi connectivity index (χ0n) is 11.1. The molecule has 0 unspecified atom stereocenters. The highest BCUT2D eigenvalue weighted by Gasteiger charge is 2.09. The summed E-state index contributed by atoms with van der Waals surface area (Å²) in [5.74, 6) is 0. The fourth-order valence-corrected chi connectivity index (χ4v) is 2.06. The minimum Gasteiger partial charge on any atom is -0.423 e. The molecule has 2 aromatic carbocycles. The number of anilines is 3. The standard InChI is InChI=1S/C15H15N3O2/c1-19-9-10-5-2-3-7-12(10)17-15-18-14-11(16)6-4-8-13(14)20-15/h2-8H,9,16H2,1H3,(H,17,18). The van der Waals surface area contributed by atoms with Crippen molar-refractivity contribution < 1.29 is 9.15 Å². The van der Waals surface area contributed by atoms with Crippen LogP contribution in [0, 0.1) is 0 Å². The van der Waals surface area contributed by atoms with E-state index in [0.717, 1.165) is 11.3 Å². The molecule has 1 heterocycles. The summed E-state index contributed by atoms with van der Waals surface area (Å²) in [6.45, 7) is 0.519. The van der Waals surface area contributed by atoms with Crippen molar-refractivity contribution in [1.82, 2.24) is 4.98 Å². The second kappa shape index (κ2) is 5.22. The van der Waals surface area contributed by atoms with E-state index in [1.54, 1.807) is 13.2 Å². The Bertz CT molecular complexity index is 737. The van der Waals surface area contributed by atoms with Gasteiger partial charge in [0.05, 0.1) is 12.3 Å². The van der Waals surface area contributed by atoms with Gasteiger partial charge in [0.25, 0.3) is 6.01 Å². The summed E-state index contributed by atoms with van der Waals surface area (Å²) in [5.41, 5.74) is 9.74. The van der Waals surface area contributed by atoms with Crippen molar-refractivity contribution in [3.8, 4) is 0 Å². The van der Waals surface area contributed by atoms with Gasteiger partial charge in [0.2, 0.25) is 0 Å². The molecule has 5 heteroatoms. The predicted octanol–water partition coefficient (Wildman–Crippen LogP) is 3.30. The van der Waals surface area contributed by atoms with Crippen molar-refractivity contribution >= 4 is 28.5 Å². The first kappa shape index (κ1) is 12.5. The zero-order valence-corrected chi connectivity index (χ0v) is 11.1. The monoisotopic (exact) mass is 269 g/mol. The molecule has 0 saturated carbocycles. The van der Waals surface area contributed by atoms with Crippen LogP contribution >= 0.6 is 0 Å². The maximum atomic E-state index is 5.87. The Morgan fingerprint density at radius 2 is 2.05 bits per heavy atom. The van der Waals surface area contributed by atoms with Gasteiger partial charge in [0, 0.05) is 18.4 Å². The lowest BCUT2D eigenvalue weighted by Crippen LogP contribution is -1.97. The lowest BCUT2D eigenvalue weighted by molar-refractivity contribution is 0.185. The predicted molar refractivity (Wildman–Crippen MR) is 78.9 cm³/mol. The summed E-state index contributed by atoms with van der Waals surface area (Å²) >= 11 is 0. The number of hydrogen-bond donors (Lipinski definition) is 2. The number of para-hydroxylation sites is 2. The van der Waals surface area contributed by atoms with E-state index >= 15 is 0 Å². The van der Waals surface area contributed by atoms with Crippen LogP contribution in [0.15, 0.2) is 46.9 Å². The van der Waals surface area contributed by atoms with E-state index in [4.69, 9.17) is 14.9 Å². The topological polar surface area (TPSA) is 73.3 Å². The molecule has 0 radical (unpaired) electrons. The van der Waals surface area contributed by atoms with Crippen LogP contribution in [0.4, 0.5) is 17.4 Å². The summed E-state index contributed by atoms with van der Waals surface area (Å²) in [6, 6.07) is 13.7. The minimum absolute atomic E-state index is 0.418. The SMILES string of the molecule is COCc1ccccc1Nc1nc2c(N)cccc2o1. The molecule has 0 saturated heterocycles. The molecular weight excluding hydrogens is 254 g/mol. The van der Waals surface area contributed by atoms with E-state index in [1.165, 1.54) is 0 Å².